The van der Waals surface area contributed by atoms with E-state index >= 15 is 0 Å². The first-order chi connectivity index (χ1) is 7.29. The number of ketones is 1. The van der Waals surface area contributed by atoms with Gasteiger partial charge in [-0.3, -0.25) is 4.79 Å². The number of hydrogen-bond donors (Lipinski definition) is 0. The molecule has 0 aromatic carbocycles. The Balaban J connectivity index is 2.20. The molecular formula is C13H16OS. The van der Waals surface area contributed by atoms with E-state index in [0.717, 1.165) is 28.9 Å². The summed E-state index contributed by atoms with van der Waals surface area (Å²) >= 11 is 1.65. The fourth-order valence-corrected chi connectivity index (χ4v) is 2.71. The largest absolute Gasteiger partial charge is 0.289 e. The second kappa shape index (κ2) is 4.75. The van der Waals surface area contributed by atoms with Gasteiger partial charge in [0.25, 0.3) is 0 Å². The number of thiophene rings is 1. The molecule has 1 aliphatic carbocycles. The second-order valence-corrected chi connectivity index (χ2v) is 5.17. The van der Waals surface area contributed by atoms with Crippen LogP contribution >= 0.6 is 11.3 Å². The molecule has 0 radical (unpaired) electrons. The molecule has 1 heterocycles. The number of carbonyl (C=O) groups excluding carboxylic acids is 1. The lowest BCUT2D eigenvalue weighted by Crippen LogP contribution is -2.03. The van der Waals surface area contributed by atoms with Crippen LogP contribution in [-0.2, 0) is 0 Å². The predicted molar refractivity (Wildman–Crippen MR) is 64.6 cm³/mol. The van der Waals surface area contributed by atoms with Gasteiger partial charge in [-0.05, 0) is 49.6 Å². The minimum absolute atomic E-state index is 0.260. The maximum atomic E-state index is 12.2. The van der Waals surface area contributed by atoms with Crippen LogP contribution in [0.15, 0.2) is 23.1 Å². The molecule has 0 atom stereocenters. The number of Topliss-reactive ketones (excluding diaryl/α,β-unsaturated/α-hetero) is 1. The molecule has 1 aromatic rings. The van der Waals surface area contributed by atoms with Crippen LogP contribution in [0.3, 0.4) is 0 Å². The van der Waals surface area contributed by atoms with Crippen LogP contribution < -0.4 is 0 Å². The van der Waals surface area contributed by atoms with Crippen molar-refractivity contribution in [3.05, 3.63) is 33.5 Å². The van der Waals surface area contributed by atoms with Gasteiger partial charge in [-0.2, -0.15) is 0 Å². The summed E-state index contributed by atoms with van der Waals surface area (Å²) in [7, 11) is 0. The summed E-state index contributed by atoms with van der Waals surface area (Å²) in [5.41, 5.74) is 1.95. The van der Waals surface area contributed by atoms with E-state index in [1.54, 1.807) is 11.3 Å². The van der Waals surface area contributed by atoms with E-state index in [1.165, 1.54) is 19.3 Å². The van der Waals surface area contributed by atoms with Crippen molar-refractivity contribution < 1.29 is 4.79 Å². The Bertz CT molecular complexity index is 387. The summed E-state index contributed by atoms with van der Waals surface area (Å²) in [6, 6.07) is 1.95. The Morgan fingerprint density at radius 1 is 1.33 bits per heavy atom. The molecule has 1 aromatic heterocycles. The normalized spacial score (nSPS) is 17.0. The standard InChI is InChI=1S/C13H16OS/c1-10-12(8-9-15-10)13(14)11-6-4-2-3-5-7-11/h6,8-9H,2-5,7H2,1H3. The molecule has 2 rings (SSSR count). The fraction of sp³-hybridized carbons (Fsp3) is 0.462. The Kier molecular flexibility index (Phi) is 3.37. The molecule has 80 valence electrons. The van der Waals surface area contributed by atoms with Crippen LogP contribution in [0.25, 0.3) is 0 Å². The summed E-state index contributed by atoms with van der Waals surface area (Å²) in [6.45, 7) is 2.02. The fourth-order valence-electron chi connectivity index (χ4n) is 2.01. The summed E-state index contributed by atoms with van der Waals surface area (Å²) in [5, 5.41) is 2.00. The lowest BCUT2D eigenvalue weighted by atomic mass is 10.0. The SMILES string of the molecule is Cc1sccc1C(=O)C1=CCCCCC1. The zero-order valence-corrected chi connectivity index (χ0v) is 9.90. The number of hydrogen-bond acceptors (Lipinski definition) is 2. The van der Waals surface area contributed by atoms with Gasteiger partial charge in [0.1, 0.15) is 0 Å². The lowest BCUT2D eigenvalue weighted by molar-refractivity contribution is 0.103. The predicted octanol–water partition coefficient (Wildman–Crippen LogP) is 4.13. The van der Waals surface area contributed by atoms with Gasteiger partial charge < -0.3 is 0 Å². The molecule has 1 aliphatic rings. The number of rotatable bonds is 2. The Labute approximate surface area is 94.8 Å². The summed E-state index contributed by atoms with van der Waals surface area (Å²) < 4.78 is 0. The van der Waals surface area contributed by atoms with E-state index in [9.17, 15) is 4.79 Å². The molecule has 0 saturated heterocycles. The molecular weight excluding hydrogens is 204 g/mol. The summed E-state index contributed by atoms with van der Waals surface area (Å²) in [4.78, 5) is 13.3. The van der Waals surface area contributed by atoms with Crippen LogP contribution in [0.5, 0.6) is 0 Å². The summed E-state index contributed by atoms with van der Waals surface area (Å²) in [5.74, 6) is 0.260. The monoisotopic (exact) mass is 220 g/mol. The average Bonchev–Trinajstić information content (AvgIpc) is 2.53. The molecule has 2 heteroatoms. The third-order valence-corrected chi connectivity index (χ3v) is 3.78. The van der Waals surface area contributed by atoms with Gasteiger partial charge in [0, 0.05) is 10.4 Å². The minimum atomic E-state index is 0.260. The molecule has 0 spiro atoms. The van der Waals surface area contributed by atoms with Crippen molar-refractivity contribution in [3.8, 4) is 0 Å². The van der Waals surface area contributed by atoms with Crippen LogP contribution in [0.1, 0.15) is 47.3 Å². The topological polar surface area (TPSA) is 17.1 Å². The molecule has 0 unspecified atom stereocenters. The molecule has 1 nitrogen and oxygen atoms in total. The highest BCUT2D eigenvalue weighted by Gasteiger charge is 2.15. The van der Waals surface area contributed by atoms with Gasteiger partial charge in [-0.25, -0.2) is 0 Å². The van der Waals surface area contributed by atoms with Crippen molar-refractivity contribution in [2.75, 3.05) is 0 Å². The van der Waals surface area contributed by atoms with E-state index in [4.69, 9.17) is 0 Å². The Hall–Kier alpha value is -0.890. The first-order valence-electron chi connectivity index (χ1n) is 5.57. The highest BCUT2D eigenvalue weighted by atomic mass is 32.1. The third kappa shape index (κ3) is 2.37. The van der Waals surface area contributed by atoms with Gasteiger partial charge in [0.15, 0.2) is 5.78 Å². The van der Waals surface area contributed by atoms with Gasteiger partial charge in [0.05, 0.1) is 0 Å². The minimum Gasteiger partial charge on any atom is -0.289 e. The van der Waals surface area contributed by atoms with Gasteiger partial charge in [0.2, 0.25) is 0 Å². The van der Waals surface area contributed by atoms with E-state index in [1.807, 2.05) is 18.4 Å². The lowest BCUT2D eigenvalue weighted by Gasteiger charge is -2.03. The van der Waals surface area contributed by atoms with Crippen LogP contribution in [0.2, 0.25) is 0 Å². The molecule has 0 bridgehead atoms. The number of carbonyl (C=O) groups is 1. The quantitative estimate of drug-likeness (QED) is 0.685. The second-order valence-electron chi connectivity index (χ2n) is 4.05. The summed E-state index contributed by atoms with van der Waals surface area (Å²) in [6.07, 6.45) is 7.85. The van der Waals surface area contributed by atoms with Crippen molar-refractivity contribution in [3.63, 3.8) is 0 Å². The highest BCUT2D eigenvalue weighted by Crippen LogP contribution is 2.24. The molecule has 0 N–H and O–H groups in total. The van der Waals surface area contributed by atoms with Gasteiger partial charge in [-0.15, -0.1) is 11.3 Å². The smallest absolute Gasteiger partial charge is 0.189 e. The van der Waals surface area contributed by atoms with Crippen molar-refractivity contribution in [1.29, 1.82) is 0 Å². The average molecular weight is 220 g/mol. The number of allylic oxidation sites excluding steroid dienone is 2. The molecule has 15 heavy (non-hydrogen) atoms. The number of aryl methyl sites for hydroxylation is 1. The highest BCUT2D eigenvalue weighted by molar-refractivity contribution is 7.10. The van der Waals surface area contributed by atoms with Gasteiger partial charge >= 0.3 is 0 Å². The van der Waals surface area contributed by atoms with Gasteiger partial charge in [-0.1, -0.05) is 12.5 Å². The molecule has 0 fully saturated rings. The van der Waals surface area contributed by atoms with Crippen molar-refractivity contribution in [1.82, 2.24) is 0 Å². The maximum absolute atomic E-state index is 12.2. The van der Waals surface area contributed by atoms with Crippen molar-refractivity contribution in [2.24, 2.45) is 0 Å². The zero-order valence-electron chi connectivity index (χ0n) is 9.08. The molecule has 0 amide bonds. The molecule has 0 saturated carbocycles. The van der Waals surface area contributed by atoms with E-state index in [0.29, 0.717) is 0 Å². The van der Waals surface area contributed by atoms with Crippen LogP contribution in [-0.4, -0.2) is 5.78 Å². The Morgan fingerprint density at radius 2 is 2.20 bits per heavy atom. The van der Waals surface area contributed by atoms with Crippen LogP contribution in [0, 0.1) is 6.92 Å². The van der Waals surface area contributed by atoms with Crippen LogP contribution in [0.4, 0.5) is 0 Å². The first-order valence-corrected chi connectivity index (χ1v) is 6.45. The Morgan fingerprint density at radius 3 is 2.93 bits per heavy atom. The molecule has 0 aliphatic heterocycles. The van der Waals surface area contributed by atoms with E-state index in [2.05, 4.69) is 6.08 Å². The zero-order chi connectivity index (χ0) is 10.7. The first kappa shape index (κ1) is 10.6. The van der Waals surface area contributed by atoms with E-state index < -0.39 is 0 Å². The maximum Gasteiger partial charge on any atom is 0.189 e. The van der Waals surface area contributed by atoms with E-state index in [-0.39, 0.29) is 5.78 Å². The van der Waals surface area contributed by atoms with Crippen molar-refractivity contribution >= 4 is 17.1 Å². The van der Waals surface area contributed by atoms with Crippen molar-refractivity contribution in [2.45, 2.75) is 39.0 Å². The third-order valence-electron chi connectivity index (χ3n) is 2.94.